The highest BCUT2D eigenvalue weighted by atomic mass is 35.5. The first-order valence-electron chi connectivity index (χ1n) is 11.6. The van der Waals surface area contributed by atoms with Crippen molar-refractivity contribution in [2.24, 2.45) is 0 Å². The van der Waals surface area contributed by atoms with Gasteiger partial charge in [0, 0.05) is 11.1 Å². The monoisotopic (exact) mass is 512 g/mol. The van der Waals surface area contributed by atoms with Crippen LogP contribution in [0.2, 0.25) is 5.02 Å². The second-order valence-corrected chi connectivity index (χ2v) is 12.0. The van der Waals surface area contributed by atoms with E-state index in [0.29, 0.717) is 22.7 Å². The van der Waals surface area contributed by atoms with Gasteiger partial charge in [0.1, 0.15) is 6.54 Å². The molecule has 0 heterocycles. The molecule has 1 amide bonds. The van der Waals surface area contributed by atoms with Crippen molar-refractivity contribution in [3.63, 3.8) is 0 Å². The number of benzene rings is 3. The van der Waals surface area contributed by atoms with Gasteiger partial charge < -0.3 is 5.32 Å². The van der Waals surface area contributed by atoms with Gasteiger partial charge in [-0.3, -0.25) is 9.10 Å². The van der Waals surface area contributed by atoms with Gasteiger partial charge in [-0.15, -0.1) is 0 Å². The molecule has 1 unspecified atom stereocenters. The molecule has 3 rings (SSSR count). The fourth-order valence-corrected chi connectivity index (χ4v) is 6.02. The van der Waals surface area contributed by atoms with Gasteiger partial charge >= 0.3 is 0 Å². The number of carbonyl (C=O) groups excluding carboxylic acids is 1. The van der Waals surface area contributed by atoms with E-state index < -0.39 is 10.0 Å². The van der Waals surface area contributed by atoms with Gasteiger partial charge in [-0.05, 0) is 74.1 Å². The molecule has 0 aliphatic carbocycles. The quantitative estimate of drug-likeness (QED) is 0.381. The molecule has 0 bridgehead atoms. The normalized spacial score (nSPS) is 12.7. The van der Waals surface area contributed by atoms with Crippen LogP contribution in [0.1, 0.15) is 43.9 Å². The van der Waals surface area contributed by atoms with Gasteiger partial charge in [0.15, 0.2) is 0 Å². The summed E-state index contributed by atoms with van der Waals surface area (Å²) in [6, 6.07) is 21.5. The van der Waals surface area contributed by atoms with Crippen molar-refractivity contribution in [2.45, 2.75) is 57.4 Å². The van der Waals surface area contributed by atoms with Gasteiger partial charge in [0.2, 0.25) is 5.91 Å². The third kappa shape index (κ3) is 6.65. The minimum Gasteiger partial charge on any atom is -0.352 e. The number of anilines is 1. The van der Waals surface area contributed by atoms with E-state index in [1.165, 1.54) is 5.56 Å². The van der Waals surface area contributed by atoms with Crippen molar-refractivity contribution in [1.82, 2.24) is 5.32 Å². The van der Waals surface area contributed by atoms with E-state index in [9.17, 15) is 13.2 Å². The topological polar surface area (TPSA) is 66.5 Å². The van der Waals surface area contributed by atoms with Crippen LogP contribution < -0.4 is 9.62 Å². The summed E-state index contributed by atoms with van der Waals surface area (Å²) in [5.74, 6) is -0.369. The van der Waals surface area contributed by atoms with Gasteiger partial charge in [-0.2, -0.15) is 0 Å². The lowest BCUT2D eigenvalue weighted by molar-refractivity contribution is -0.120. The van der Waals surface area contributed by atoms with Gasteiger partial charge in [-0.1, -0.05) is 73.5 Å². The zero-order valence-corrected chi connectivity index (χ0v) is 22.5. The molecule has 3 aromatic rings. The number of aryl methyl sites for hydroxylation is 2. The number of carbonyl (C=O) groups is 1. The van der Waals surface area contributed by atoms with Crippen LogP contribution in [0.15, 0.2) is 77.7 Å². The summed E-state index contributed by atoms with van der Waals surface area (Å²) in [5, 5.41) is 3.50. The molecule has 3 aromatic carbocycles. The Hall–Kier alpha value is -2.83. The van der Waals surface area contributed by atoms with E-state index in [0.717, 1.165) is 9.87 Å². The van der Waals surface area contributed by atoms with Crippen molar-refractivity contribution in [1.29, 1.82) is 0 Å². The maximum Gasteiger partial charge on any atom is 0.264 e. The molecule has 0 aromatic heterocycles. The molecular weight excluding hydrogens is 480 g/mol. The molecule has 35 heavy (non-hydrogen) atoms. The van der Waals surface area contributed by atoms with Crippen molar-refractivity contribution < 1.29 is 13.2 Å². The maximum atomic E-state index is 13.6. The van der Waals surface area contributed by atoms with Crippen molar-refractivity contribution in [2.75, 3.05) is 10.8 Å². The largest absolute Gasteiger partial charge is 0.352 e. The molecule has 0 aliphatic heterocycles. The third-order valence-electron chi connectivity index (χ3n) is 6.10. The van der Waals surface area contributed by atoms with Crippen LogP contribution in [0.3, 0.4) is 0 Å². The summed E-state index contributed by atoms with van der Waals surface area (Å²) in [7, 11) is -3.99. The number of halogens is 1. The predicted molar refractivity (Wildman–Crippen MR) is 144 cm³/mol. The minimum absolute atomic E-state index is 0.128. The second kappa shape index (κ2) is 10.8. The smallest absolute Gasteiger partial charge is 0.264 e. The lowest BCUT2D eigenvalue weighted by atomic mass is 9.79. The average Bonchev–Trinajstić information content (AvgIpc) is 2.78. The summed E-state index contributed by atoms with van der Waals surface area (Å²) in [6.07, 6.45) is 0.702. The lowest BCUT2D eigenvalue weighted by Crippen LogP contribution is -2.45. The molecule has 0 saturated heterocycles. The van der Waals surface area contributed by atoms with Gasteiger partial charge in [-0.25, -0.2) is 8.42 Å². The lowest BCUT2D eigenvalue weighted by Gasteiger charge is -2.30. The maximum absolute atomic E-state index is 13.6. The highest BCUT2D eigenvalue weighted by Crippen LogP contribution is 2.30. The van der Waals surface area contributed by atoms with Crippen LogP contribution in [-0.2, 0) is 20.2 Å². The first kappa shape index (κ1) is 26.8. The fraction of sp³-hybridized carbons (Fsp3) is 0.321. The molecule has 0 saturated carbocycles. The molecule has 1 atom stereocenters. The van der Waals surface area contributed by atoms with Gasteiger partial charge in [0.05, 0.1) is 10.6 Å². The van der Waals surface area contributed by atoms with Crippen molar-refractivity contribution in [3.05, 3.63) is 94.5 Å². The predicted octanol–water partition coefficient (Wildman–Crippen LogP) is 6.02. The van der Waals surface area contributed by atoms with E-state index in [1.54, 1.807) is 49.4 Å². The Balaban J connectivity index is 1.84. The Kier molecular flexibility index (Phi) is 8.29. The molecule has 7 heteroatoms. The Bertz CT molecular complexity index is 1270. The summed E-state index contributed by atoms with van der Waals surface area (Å²) >= 11 is 6.11. The summed E-state index contributed by atoms with van der Waals surface area (Å²) in [6.45, 7) is 9.54. The second-order valence-electron chi connectivity index (χ2n) is 9.68. The van der Waals surface area contributed by atoms with Crippen LogP contribution >= 0.6 is 11.6 Å². The highest BCUT2D eigenvalue weighted by molar-refractivity contribution is 7.92. The number of sulfonamides is 1. The number of nitrogens with one attached hydrogen (secondary N) is 1. The standard InChI is InChI=1S/C28H33ClN2O3S/c1-20-11-14-25(15-12-20)35(33,34)31(26-16-13-24(29)17-21(26)2)19-27(32)30-22(3)18-28(4,5)23-9-7-6-8-10-23/h6-17,22H,18-19H2,1-5H3,(H,30,32). The molecule has 5 nitrogen and oxygen atoms in total. The van der Waals surface area contributed by atoms with E-state index in [2.05, 4.69) is 31.3 Å². The van der Waals surface area contributed by atoms with E-state index in [-0.39, 0.29) is 28.8 Å². The van der Waals surface area contributed by atoms with Crippen LogP contribution in [0.25, 0.3) is 0 Å². The highest BCUT2D eigenvalue weighted by Gasteiger charge is 2.30. The van der Waals surface area contributed by atoms with Crippen LogP contribution in [0.5, 0.6) is 0 Å². The molecule has 186 valence electrons. The zero-order chi connectivity index (χ0) is 25.8. The van der Waals surface area contributed by atoms with Crippen LogP contribution in [0.4, 0.5) is 5.69 Å². The first-order chi connectivity index (χ1) is 16.4. The van der Waals surface area contributed by atoms with Crippen molar-refractivity contribution in [3.8, 4) is 0 Å². The molecular formula is C28H33ClN2O3S. The Morgan fingerprint density at radius 2 is 1.63 bits per heavy atom. The Morgan fingerprint density at radius 3 is 2.23 bits per heavy atom. The summed E-state index contributed by atoms with van der Waals surface area (Å²) < 4.78 is 28.4. The molecule has 1 N–H and O–H groups in total. The third-order valence-corrected chi connectivity index (χ3v) is 8.11. The van der Waals surface area contributed by atoms with Crippen LogP contribution in [-0.4, -0.2) is 26.9 Å². The van der Waals surface area contributed by atoms with Crippen molar-refractivity contribution >= 4 is 33.2 Å². The molecule has 0 aliphatic rings. The zero-order valence-electron chi connectivity index (χ0n) is 20.9. The summed E-state index contributed by atoms with van der Waals surface area (Å²) in [4.78, 5) is 13.3. The SMILES string of the molecule is Cc1ccc(S(=O)(=O)N(CC(=O)NC(C)CC(C)(C)c2ccccc2)c2ccc(Cl)cc2C)cc1. The number of hydrogen-bond acceptors (Lipinski definition) is 3. The fourth-order valence-electron chi connectivity index (χ4n) is 4.31. The van der Waals surface area contributed by atoms with Gasteiger partial charge in [0.25, 0.3) is 10.0 Å². The van der Waals surface area contributed by atoms with E-state index in [1.807, 2.05) is 32.0 Å². The molecule has 0 fully saturated rings. The van der Waals surface area contributed by atoms with E-state index >= 15 is 0 Å². The number of amides is 1. The molecule has 0 spiro atoms. The summed E-state index contributed by atoms with van der Waals surface area (Å²) in [5.41, 5.74) is 3.06. The number of nitrogens with zero attached hydrogens (tertiary/aromatic N) is 1. The minimum atomic E-state index is -3.99. The number of hydrogen-bond donors (Lipinski definition) is 1. The van der Waals surface area contributed by atoms with Crippen LogP contribution in [0, 0.1) is 13.8 Å². The number of rotatable bonds is 9. The Labute approximate surface area is 214 Å². The molecule has 0 radical (unpaired) electrons. The Morgan fingerprint density at radius 1 is 1.00 bits per heavy atom. The first-order valence-corrected chi connectivity index (χ1v) is 13.4. The van der Waals surface area contributed by atoms with E-state index in [4.69, 9.17) is 11.6 Å². The average molecular weight is 513 g/mol.